The zero-order chi connectivity index (χ0) is 12.3. The Hall–Kier alpha value is -1.77. The van der Waals surface area contributed by atoms with E-state index < -0.39 is 16.1 Å². The highest BCUT2D eigenvalue weighted by molar-refractivity contribution is 7.90. The number of anilines is 1. The lowest BCUT2D eigenvalue weighted by atomic mass is 10.4. The Morgan fingerprint density at radius 2 is 2.19 bits per heavy atom. The molecular weight excluding hydrogens is 234 g/mol. The number of carbonyl (C=O) groups is 1. The first-order valence-corrected chi connectivity index (χ1v) is 5.93. The lowest BCUT2D eigenvalue weighted by Gasteiger charge is -2.09. The third kappa shape index (κ3) is 2.86. The molecule has 0 atom stereocenters. The molecule has 0 bridgehead atoms. The second-order valence-electron chi connectivity index (χ2n) is 3.38. The van der Waals surface area contributed by atoms with Crippen LogP contribution in [0.5, 0.6) is 0 Å². The number of nitrogens with one attached hydrogen (secondary N) is 3. The molecule has 1 aromatic rings. The molecule has 0 aliphatic carbocycles. The van der Waals surface area contributed by atoms with Crippen LogP contribution in [0.2, 0.25) is 0 Å². The third-order valence-corrected chi connectivity index (χ3v) is 2.93. The molecule has 0 saturated heterocycles. The summed E-state index contributed by atoms with van der Waals surface area (Å²) >= 11 is 0. The summed E-state index contributed by atoms with van der Waals surface area (Å²) in [5.41, 5.74) is 5.33. The van der Waals surface area contributed by atoms with Gasteiger partial charge in [-0.25, -0.2) is 17.9 Å². The molecule has 0 unspecified atom stereocenters. The van der Waals surface area contributed by atoms with E-state index in [-0.39, 0.29) is 16.8 Å². The van der Waals surface area contributed by atoms with Crippen LogP contribution in [0.3, 0.4) is 0 Å². The second kappa shape index (κ2) is 4.39. The average molecular weight is 247 g/mol. The van der Waals surface area contributed by atoms with Crippen molar-refractivity contribution < 1.29 is 13.2 Å². The molecule has 0 aliphatic rings. The maximum Gasteiger partial charge on any atom is 0.328 e. The topological polar surface area (TPSA) is 130 Å². The van der Waals surface area contributed by atoms with Gasteiger partial charge in [0.1, 0.15) is 10.7 Å². The number of H-pyrrole nitrogens is 1. The van der Waals surface area contributed by atoms with Crippen LogP contribution in [0.25, 0.3) is 0 Å². The number of carbonyl (C=O) groups excluding carboxylic acids is 1. The normalized spacial score (nSPS) is 11.4. The van der Waals surface area contributed by atoms with Crippen molar-refractivity contribution in [3.05, 3.63) is 6.20 Å². The van der Waals surface area contributed by atoms with Crippen molar-refractivity contribution in [2.45, 2.75) is 24.8 Å². The summed E-state index contributed by atoms with van der Waals surface area (Å²) in [6.07, 6.45) is 1.03. The summed E-state index contributed by atoms with van der Waals surface area (Å²) < 4.78 is 25.0. The van der Waals surface area contributed by atoms with Crippen molar-refractivity contribution in [3.8, 4) is 0 Å². The number of aromatic nitrogens is 2. The third-order valence-electron chi connectivity index (χ3n) is 1.57. The molecule has 8 nitrogen and oxygen atoms in total. The smallest absolute Gasteiger partial charge is 0.328 e. The van der Waals surface area contributed by atoms with E-state index in [9.17, 15) is 13.2 Å². The molecule has 9 heteroatoms. The molecule has 1 heterocycles. The number of nitrogen functional groups attached to an aromatic ring is 1. The van der Waals surface area contributed by atoms with Gasteiger partial charge < -0.3 is 11.1 Å². The largest absolute Gasteiger partial charge is 0.383 e. The van der Waals surface area contributed by atoms with Gasteiger partial charge >= 0.3 is 6.03 Å². The zero-order valence-corrected chi connectivity index (χ0v) is 9.63. The number of nitrogens with two attached hydrogens (primary N) is 1. The molecule has 1 rings (SSSR count). The summed E-state index contributed by atoms with van der Waals surface area (Å²) in [6, 6.07) is -0.979. The van der Waals surface area contributed by atoms with Gasteiger partial charge in [0.15, 0.2) is 0 Å². The quantitative estimate of drug-likeness (QED) is 0.566. The predicted octanol–water partition coefficient (Wildman–Crippen LogP) is -0.612. The van der Waals surface area contributed by atoms with Crippen molar-refractivity contribution in [1.29, 1.82) is 0 Å². The number of hydrogen-bond acceptors (Lipinski definition) is 5. The summed E-state index contributed by atoms with van der Waals surface area (Å²) in [7, 11) is -3.97. The molecule has 0 fully saturated rings. The molecule has 1 aromatic heterocycles. The number of urea groups is 1. The standard InChI is InChI=1S/C7H13N5O3S/c1-4(2)10-7(13)12-16(14,15)5-3-9-11-6(5)8/h3-4H,1-2H3,(H3,8,9,11)(H2,10,12,13). The van der Waals surface area contributed by atoms with Crippen LogP contribution in [0.1, 0.15) is 13.8 Å². The molecular formula is C7H13N5O3S. The number of hydrogen-bond donors (Lipinski definition) is 4. The monoisotopic (exact) mass is 247 g/mol. The van der Waals surface area contributed by atoms with Crippen LogP contribution >= 0.6 is 0 Å². The van der Waals surface area contributed by atoms with E-state index in [0.29, 0.717) is 0 Å². The maximum absolute atomic E-state index is 11.6. The molecule has 0 radical (unpaired) electrons. The number of rotatable bonds is 3. The van der Waals surface area contributed by atoms with E-state index in [1.54, 1.807) is 13.8 Å². The van der Waals surface area contributed by atoms with Gasteiger partial charge in [-0.05, 0) is 13.8 Å². The first kappa shape index (κ1) is 12.3. The average Bonchev–Trinajstić information content (AvgIpc) is 2.48. The van der Waals surface area contributed by atoms with Gasteiger partial charge in [0.2, 0.25) is 0 Å². The number of aromatic amines is 1. The van der Waals surface area contributed by atoms with Crippen LogP contribution in [-0.2, 0) is 10.0 Å². The second-order valence-corrected chi connectivity index (χ2v) is 5.03. The zero-order valence-electron chi connectivity index (χ0n) is 8.81. The molecule has 90 valence electrons. The lowest BCUT2D eigenvalue weighted by Crippen LogP contribution is -2.42. The van der Waals surface area contributed by atoms with Crippen molar-refractivity contribution in [2.24, 2.45) is 0 Å². The minimum absolute atomic E-state index is 0.121. The molecule has 16 heavy (non-hydrogen) atoms. The fraction of sp³-hybridized carbons (Fsp3) is 0.429. The minimum Gasteiger partial charge on any atom is -0.383 e. The summed E-state index contributed by atoms with van der Waals surface area (Å²) in [5, 5.41) is 8.10. The lowest BCUT2D eigenvalue weighted by molar-refractivity contribution is 0.243. The highest BCUT2D eigenvalue weighted by Crippen LogP contribution is 2.13. The molecule has 5 N–H and O–H groups in total. The van der Waals surface area contributed by atoms with Gasteiger partial charge in [-0.3, -0.25) is 5.10 Å². The van der Waals surface area contributed by atoms with E-state index in [4.69, 9.17) is 5.73 Å². The molecule has 0 aromatic carbocycles. The van der Waals surface area contributed by atoms with Crippen LogP contribution < -0.4 is 15.8 Å². The molecule has 0 spiro atoms. The van der Waals surface area contributed by atoms with Crippen LogP contribution in [-0.4, -0.2) is 30.7 Å². The van der Waals surface area contributed by atoms with Gasteiger partial charge in [-0.15, -0.1) is 0 Å². The summed E-state index contributed by atoms with van der Waals surface area (Å²) in [4.78, 5) is 10.9. The molecule has 2 amide bonds. The Morgan fingerprint density at radius 1 is 1.56 bits per heavy atom. The van der Waals surface area contributed by atoms with Gasteiger partial charge in [-0.1, -0.05) is 0 Å². The Balaban J connectivity index is 2.81. The van der Waals surface area contributed by atoms with Crippen molar-refractivity contribution >= 4 is 21.9 Å². The van der Waals surface area contributed by atoms with Crippen LogP contribution in [0.4, 0.5) is 10.6 Å². The number of amides is 2. The van der Waals surface area contributed by atoms with E-state index >= 15 is 0 Å². The minimum atomic E-state index is -3.97. The predicted molar refractivity (Wildman–Crippen MR) is 57.0 cm³/mol. The maximum atomic E-state index is 11.6. The summed E-state index contributed by atoms with van der Waals surface area (Å²) in [5.74, 6) is -0.121. The highest BCUT2D eigenvalue weighted by Gasteiger charge is 2.22. The van der Waals surface area contributed by atoms with Crippen LogP contribution in [0.15, 0.2) is 11.1 Å². The van der Waals surface area contributed by atoms with Crippen LogP contribution in [0, 0.1) is 0 Å². The SMILES string of the molecule is CC(C)NC(=O)NS(=O)(=O)c1cn[nH]c1N. The first-order chi connectivity index (χ1) is 7.33. The first-order valence-electron chi connectivity index (χ1n) is 4.45. The van der Waals surface area contributed by atoms with Gasteiger partial charge in [0, 0.05) is 6.04 Å². The Morgan fingerprint density at radius 3 is 2.62 bits per heavy atom. The number of nitrogens with zero attached hydrogens (tertiary/aromatic N) is 1. The Bertz CT molecular complexity index is 478. The fourth-order valence-corrected chi connectivity index (χ4v) is 1.91. The Labute approximate surface area is 92.7 Å². The highest BCUT2D eigenvalue weighted by atomic mass is 32.2. The number of sulfonamides is 1. The van der Waals surface area contributed by atoms with E-state index in [2.05, 4.69) is 15.5 Å². The molecule has 0 aliphatic heterocycles. The van der Waals surface area contributed by atoms with Crippen molar-refractivity contribution in [1.82, 2.24) is 20.2 Å². The van der Waals surface area contributed by atoms with Crippen molar-refractivity contribution in [3.63, 3.8) is 0 Å². The molecule has 0 saturated carbocycles. The van der Waals surface area contributed by atoms with Crippen molar-refractivity contribution in [2.75, 3.05) is 5.73 Å². The van der Waals surface area contributed by atoms with Gasteiger partial charge in [0.25, 0.3) is 10.0 Å². The van der Waals surface area contributed by atoms with E-state index in [1.807, 2.05) is 4.72 Å². The van der Waals surface area contributed by atoms with Gasteiger partial charge in [0.05, 0.1) is 6.20 Å². The van der Waals surface area contributed by atoms with E-state index in [0.717, 1.165) is 6.20 Å². The van der Waals surface area contributed by atoms with Gasteiger partial charge in [-0.2, -0.15) is 5.10 Å². The fourth-order valence-electron chi connectivity index (χ4n) is 0.968. The van der Waals surface area contributed by atoms with E-state index in [1.165, 1.54) is 0 Å². The summed E-state index contributed by atoms with van der Waals surface area (Å²) in [6.45, 7) is 3.41. The Kier molecular flexibility index (Phi) is 3.38.